The molecule has 0 N–H and O–H groups in total. The zero-order chi connectivity index (χ0) is 22.7. The highest BCUT2D eigenvalue weighted by Gasteiger charge is 2.30. The maximum Gasteiger partial charge on any atom is 0.164 e. The standard InChI is InChI=1S/C31H18N4/c1-2-5-18-17(4-1)14-23-19(18)7-8-20-21-9-10-22-29(25(21)15-24(20)23)26-16-32-13-11-28(26)35-30(22)34-27-6-3-12-33-31(27)35/h1-13,16H,14-15H2. The quantitative estimate of drug-likeness (QED) is 0.243. The van der Waals surface area contributed by atoms with E-state index in [0.29, 0.717) is 0 Å². The number of nitrogens with zero attached hydrogens (tertiary/aromatic N) is 4. The molecule has 9 rings (SSSR count). The Morgan fingerprint density at radius 2 is 1.46 bits per heavy atom. The van der Waals surface area contributed by atoms with Crippen LogP contribution in [0.25, 0.3) is 60.7 Å². The molecule has 4 heteroatoms. The Morgan fingerprint density at radius 1 is 0.629 bits per heavy atom. The third-order valence-corrected chi connectivity index (χ3v) is 8.03. The van der Waals surface area contributed by atoms with Crippen LogP contribution in [0.5, 0.6) is 0 Å². The number of benzene rings is 3. The van der Waals surface area contributed by atoms with Crippen molar-refractivity contribution in [2.45, 2.75) is 12.8 Å². The lowest BCUT2D eigenvalue weighted by molar-refractivity contribution is 1.17. The summed E-state index contributed by atoms with van der Waals surface area (Å²) in [6.45, 7) is 0. The Balaban J connectivity index is 1.39. The van der Waals surface area contributed by atoms with E-state index in [0.717, 1.165) is 45.9 Å². The molecule has 4 heterocycles. The molecule has 2 aliphatic rings. The van der Waals surface area contributed by atoms with Crippen LogP contribution in [-0.2, 0) is 12.8 Å². The SMILES string of the molecule is c1ccc2c(c1)Cc1c-2ccc2c1Cc1c-2ccc2c1c1cnccc1n1c3ncccc3nc21. The lowest BCUT2D eigenvalue weighted by atomic mass is 9.96. The topological polar surface area (TPSA) is 43.1 Å². The van der Waals surface area contributed by atoms with Gasteiger partial charge in [0.1, 0.15) is 11.2 Å². The second-order valence-electron chi connectivity index (χ2n) is 9.65. The monoisotopic (exact) mass is 446 g/mol. The van der Waals surface area contributed by atoms with Crippen molar-refractivity contribution in [1.29, 1.82) is 0 Å². The number of pyridine rings is 3. The molecule has 0 radical (unpaired) electrons. The van der Waals surface area contributed by atoms with Crippen LogP contribution in [0.15, 0.2) is 85.3 Å². The minimum absolute atomic E-state index is 0.889. The molecule has 0 amide bonds. The van der Waals surface area contributed by atoms with E-state index >= 15 is 0 Å². The normalized spacial score (nSPS) is 13.5. The van der Waals surface area contributed by atoms with Gasteiger partial charge in [0, 0.05) is 34.7 Å². The Bertz CT molecular complexity index is 2070. The summed E-state index contributed by atoms with van der Waals surface area (Å²) in [5, 5.41) is 3.59. The van der Waals surface area contributed by atoms with Gasteiger partial charge in [-0.2, -0.15) is 0 Å². The van der Waals surface area contributed by atoms with Gasteiger partial charge in [-0.3, -0.25) is 9.38 Å². The number of aromatic nitrogens is 4. The van der Waals surface area contributed by atoms with E-state index in [-0.39, 0.29) is 0 Å². The summed E-state index contributed by atoms with van der Waals surface area (Å²) in [4.78, 5) is 14.2. The molecule has 0 saturated heterocycles. The Morgan fingerprint density at radius 3 is 2.43 bits per heavy atom. The van der Waals surface area contributed by atoms with Gasteiger partial charge in [0.05, 0.1) is 5.52 Å². The fourth-order valence-corrected chi connectivity index (χ4v) is 6.58. The molecule has 0 aliphatic heterocycles. The first-order valence-corrected chi connectivity index (χ1v) is 12.0. The number of hydrogen-bond donors (Lipinski definition) is 0. The summed E-state index contributed by atoms with van der Waals surface area (Å²) in [5.41, 5.74) is 15.2. The van der Waals surface area contributed by atoms with Gasteiger partial charge in [0.2, 0.25) is 0 Å². The van der Waals surface area contributed by atoms with Crippen molar-refractivity contribution in [1.82, 2.24) is 19.4 Å². The summed E-state index contributed by atoms with van der Waals surface area (Å²) in [6.07, 6.45) is 7.67. The van der Waals surface area contributed by atoms with Gasteiger partial charge in [-0.15, -0.1) is 0 Å². The van der Waals surface area contributed by atoms with Crippen LogP contribution in [0.3, 0.4) is 0 Å². The van der Waals surface area contributed by atoms with E-state index < -0.39 is 0 Å². The second-order valence-corrected chi connectivity index (χ2v) is 9.65. The maximum absolute atomic E-state index is 5.03. The summed E-state index contributed by atoms with van der Waals surface area (Å²) in [5.74, 6) is 0. The molecule has 4 nitrogen and oxygen atoms in total. The lowest BCUT2D eigenvalue weighted by Gasteiger charge is -2.12. The van der Waals surface area contributed by atoms with Crippen molar-refractivity contribution >= 4 is 38.5 Å². The van der Waals surface area contributed by atoms with Crippen molar-refractivity contribution in [3.8, 4) is 22.3 Å². The zero-order valence-electron chi connectivity index (χ0n) is 18.8. The molecule has 0 unspecified atom stereocenters. The average Bonchev–Trinajstić information content (AvgIpc) is 3.59. The van der Waals surface area contributed by atoms with Gasteiger partial charge in [0.15, 0.2) is 5.65 Å². The highest BCUT2D eigenvalue weighted by Crippen LogP contribution is 2.49. The van der Waals surface area contributed by atoms with Crippen molar-refractivity contribution in [2.24, 2.45) is 0 Å². The molecule has 2 aliphatic carbocycles. The van der Waals surface area contributed by atoms with E-state index in [1.165, 1.54) is 49.9 Å². The Labute approximate surface area is 200 Å². The summed E-state index contributed by atoms with van der Waals surface area (Å²) < 4.78 is 2.19. The minimum Gasteiger partial charge on any atom is -0.276 e. The van der Waals surface area contributed by atoms with Crippen LogP contribution in [0.4, 0.5) is 0 Å². The molecule has 0 fully saturated rings. The molecule has 162 valence electrons. The number of hydrogen-bond acceptors (Lipinski definition) is 3. The molecule has 0 atom stereocenters. The van der Waals surface area contributed by atoms with Gasteiger partial charge in [-0.25, -0.2) is 9.97 Å². The molecule has 35 heavy (non-hydrogen) atoms. The van der Waals surface area contributed by atoms with Gasteiger partial charge in [-0.05, 0) is 81.6 Å². The van der Waals surface area contributed by atoms with E-state index in [4.69, 9.17) is 4.98 Å². The number of rotatable bonds is 0. The van der Waals surface area contributed by atoms with Crippen molar-refractivity contribution in [2.75, 3.05) is 0 Å². The molecule has 0 spiro atoms. The average molecular weight is 447 g/mol. The van der Waals surface area contributed by atoms with Crippen LogP contribution in [-0.4, -0.2) is 19.4 Å². The highest BCUT2D eigenvalue weighted by atomic mass is 15.1. The Kier molecular flexibility index (Phi) is 3.11. The fourth-order valence-electron chi connectivity index (χ4n) is 6.58. The largest absolute Gasteiger partial charge is 0.276 e. The van der Waals surface area contributed by atoms with E-state index in [1.807, 2.05) is 30.7 Å². The van der Waals surface area contributed by atoms with Crippen LogP contribution in [0.2, 0.25) is 0 Å². The molecule has 3 aromatic carbocycles. The van der Waals surface area contributed by atoms with Crippen LogP contribution < -0.4 is 0 Å². The van der Waals surface area contributed by atoms with Gasteiger partial charge in [0.25, 0.3) is 0 Å². The van der Waals surface area contributed by atoms with Gasteiger partial charge < -0.3 is 0 Å². The maximum atomic E-state index is 5.03. The summed E-state index contributed by atoms with van der Waals surface area (Å²) >= 11 is 0. The summed E-state index contributed by atoms with van der Waals surface area (Å²) in [7, 11) is 0. The molecule has 0 bridgehead atoms. The first-order valence-electron chi connectivity index (χ1n) is 12.0. The first kappa shape index (κ1) is 17.8. The van der Waals surface area contributed by atoms with Crippen LogP contribution in [0, 0.1) is 0 Å². The minimum atomic E-state index is 0.889. The fraction of sp³-hybridized carbons (Fsp3) is 0.0645. The molecular formula is C31H18N4. The van der Waals surface area contributed by atoms with E-state index in [9.17, 15) is 0 Å². The van der Waals surface area contributed by atoms with Crippen molar-refractivity contribution in [3.05, 3.63) is 108 Å². The van der Waals surface area contributed by atoms with Gasteiger partial charge in [-0.1, -0.05) is 42.5 Å². The van der Waals surface area contributed by atoms with Crippen molar-refractivity contribution in [3.63, 3.8) is 0 Å². The van der Waals surface area contributed by atoms with E-state index in [2.05, 4.69) is 69.0 Å². The molecule has 0 saturated carbocycles. The highest BCUT2D eigenvalue weighted by molar-refractivity contribution is 6.17. The van der Waals surface area contributed by atoms with Crippen molar-refractivity contribution < 1.29 is 0 Å². The second kappa shape index (κ2) is 6.10. The third-order valence-electron chi connectivity index (χ3n) is 8.03. The molecule has 7 aromatic rings. The number of imidazole rings is 1. The lowest BCUT2D eigenvalue weighted by Crippen LogP contribution is -1.96. The zero-order valence-corrected chi connectivity index (χ0v) is 18.8. The Hall–Kier alpha value is -4.57. The molecular weight excluding hydrogens is 428 g/mol. The van der Waals surface area contributed by atoms with Crippen LogP contribution in [0.1, 0.15) is 22.3 Å². The third kappa shape index (κ3) is 2.11. The number of fused-ring (bicyclic) bond motifs is 16. The predicted octanol–water partition coefficient (Wildman–Crippen LogP) is 6.73. The first-order chi connectivity index (χ1) is 17.4. The summed E-state index contributed by atoms with van der Waals surface area (Å²) in [6, 6.07) is 24.1. The van der Waals surface area contributed by atoms with Crippen LogP contribution >= 0.6 is 0 Å². The smallest absolute Gasteiger partial charge is 0.164 e. The van der Waals surface area contributed by atoms with E-state index in [1.54, 1.807) is 0 Å². The molecule has 4 aromatic heterocycles. The van der Waals surface area contributed by atoms with Gasteiger partial charge >= 0.3 is 0 Å². The predicted molar refractivity (Wildman–Crippen MR) is 140 cm³/mol.